The zero-order valence-electron chi connectivity index (χ0n) is 11.1. The monoisotopic (exact) mass is 225 g/mol. The molecule has 1 heterocycles. The van der Waals surface area contributed by atoms with Gasteiger partial charge in [0.2, 0.25) is 0 Å². The fourth-order valence-corrected chi connectivity index (χ4v) is 2.17. The molecule has 94 valence electrons. The SMILES string of the molecule is CC(C)(C)CCC(=O)CCC1CCNCC1. The van der Waals surface area contributed by atoms with Crippen molar-refractivity contribution in [3.63, 3.8) is 0 Å². The largest absolute Gasteiger partial charge is 0.317 e. The summed E-state index contributed by atoms with van der Waals surface area (Å²) in [6, 6.07) is 0. The average molecular weight is 225 g/mol. The van der Waals surface area contributed by atoms with Crippen molar-refractivity contribution in [2.24, 2.45) is 11.3 Å². The topological polar surface area (TPSA) is 29.1 Å². The number of carbonyl (C=O) groups excluding carboxylic acids is 1. The van der Waals surface area contributed by atoms with E-state index in [1.165, 1.54) is 12.8 Å². The van der Waals surface area contributed by atoms with Gasteiger partial charge in [0.05, 0.1) is 0 Å². The fourth-order valence-electron chi connectivity index (χ4n) is 2.17. The number of hydrogen-bond donors (Lipinski definition) is 1. The lowest BCUT2D eigenvalue weighted by Gasteiger charge is -2.22. The van der Waals surface area contributed by atoms with Crippen LogP contribution in [-0.4, -0.2) is 18.9 Å². The van der Waals surface area contributed by atoms with Gasteiger partial charge in [0.15, 0.2) is 0 Å². The Kier molecular flexibility index (Phi) is 5.47. The summed E-state index contributed by atoms with van der Waals surface area (Å²) >= 11 is 0. The molecule has 1 fully saturated rings. The maximum Gasteiger partial charge on any atom is 0.132 e. The summed E-state index contributed by atoms with van der Waals surface area (Å²) in [4.78, 5) is 11.7. The van der Waals surface area contributed by atoms with Crippen molar-refractivity contribution >= 4 is 5.78 Å². The van der Waals surface area contributed by atoms with Crippen LogP contribution >= 0.6 is 0 Å². The van der Waals surface area contributed by atoms with Gasteiger partial charge in [0, 0.05) is 12.8 Å². The molecule has 16 heavy (non-hydrogen) atoms. The Bertz CT molecular complexity index is 211. The van der Waals surface area contributed by atoms with Gasteiger partial charge in [0.25, 0.3) is 0 Å². The van der Waals surface area contributed by atoms with E-state index in [1.54, 1.807) is 0 Å². The van der Waals surface area contributed by atoms with Gasteiger partial charge in [-0.3, -0.25) is 4.79 Å². The lowest BCUT2D eigenvalue weighted by molar-refractivity contribution is -0.119. The minimum Gasteiger partial charge on any atom is -0.317 e. The summed E-state index contributed by atoms with van der Waals surface area (Å²) in [6.07, 6.45) is 6.23. The first-order valence-corrected chi connectivity index (χ1v) is 6.70. The van der Waals surface area contributed by atoms with Crippen LogP contribution in [-0.2, 0) is 4.79 Å². The van der Waals surface area contributed by atoms with Crippen molar-refractivity contribution in [2.75, 3.05) is 13.1 Å². The van der Waals surface area contributed by atoms with E-state index in [-0.39, 0.29) is 0 Å². The molecule has 1 aliphatic rings. The molecule has 0 aromatic carbocycles. The predicted octanol–water partition coefficient (Wildman–Crippen LogP) is 3.16. The summed E-state index contributed by atoms with van der Waals surface area (Å²) in [5, 5.41) is 3.36. The van der Waals surface area contributed by atoms with E-state index >= 15 is 0 Å². The molecule has 0 aromatic rings. The second kappa shape index (κ2) is 6.39. The van der Waals surface area contributed by atoms with E-state index in [4.69, 9.17) is 0 Å². The molecule has 0 saturated carbocycles. The van der Waals surface area contributed by atoms with Crippen molar-refractivity contribution in [1.82, 2.24) is 5.32 Å². The standard InChI is InChI=1S/C14H27NO/c1-14(2,3)9-6-13(16)5-4-12-7-10-15-11-8-12/h12,15H,4-11H2,1-3H3. The van der Waals surface area contributed by atoms with Gasteiger partial charge < -0.3 is 5.32 Å². The van der Waals surface area contributed by atoms with Crippen LogP contribution in [0.5, 0.6) is 0 Å². The normalized spacial score (nSPS) is 18.7. The number of hydrogen-bond acceptors (Lipinski definition) is 2. The minimum absolute atomic E-state index is 0.296. The number of ketones is 1. The van der Waals surface area contributed by atoms with Crippen molar-refractivity contribution in [2.45, 2.75) is 59.3 Å². The van der Waals surface area contributed by atoms with Crippen LogP contribution in [0.4, 0.5) is 0 Å². The molecule has 0 aromatic heterocycles. The van der Waals surface area contributed by atoms with E-state index < -0.39 is 0 Å². The number of nitrogens with one attached hydrogen (secondary N) is 1. The van der Waals surface area contributed by atoms with Crippen molar-refractivity contribution in [3.05, 3.63) is 0 Å². The first-order chi connectivity index (χ1) is 7.47. The molecule has 0 aliphatic carbocycles. The number of piperidine rings is 1. The summed E-state index contributed by atoms with van der Waals surface area (Å²) in [5.41, 5.74) is 0.296. The molecule has 2 nitrogen and oxygen atoms in total. The summed E-state index contributed by atoms with van der Waals surface area (Å²) in [5.74, 6) is 1.26. The lowest BCUT2D eigenvalue weighted by atomic mass is 9.87. The molecule has 1 N–H and O–H groups in total. The highest BCUT2D eigenvalue weighted by Crippen LogP contribution is 2.23. The van der Waals surface area contributed by atoms with Crippen LogP contribution in [0.15, 0.2) is 0 Å². The Hall–Kier alpha value is -0.370. The van der Waals surface area contributed by atoms with Crippen LogP contribution in [0.1, 0.15) is 59.3 Å². The molecule has 0 spiro atoms. The van der Waals surface area contributed by atoms with E-state index in [2.05, 4.69) is 26.1 Å². The molecule has 0 amide bonds. The Labute approximate surface area is 100 Å². The number of carbonyl (C=O) groups is 1. The van der Waals surface area contributed by atoms with Gasteiger partial charge in [-0.2, -0.15) is 0 Å². The molecule has 1 rings (SSSR count). The molecular weight excluding hydrogens is 198 g/mol. The Balaban J connectivity index is 2.09. The third-order valence-electron chi connectivity index (χ3n) is 3.44. The van der Waals surface area contributed by atoms with E-state index in [0.29, 0.717) is 11.2 Å². The average Bonchev–Trinajstić information content (AvgIpc) is 2.24. The van der Waals surface area contributed by atoms with Crippen LogP contribution in [0.25, 0.3) is 0 Å². The maximum absolute atomic E-state index is 11.7. The first-order valence-electron chi connectivity index (χ1n) is 6.70. The Morgan fingerprint density at radius 2 is 1.81 bits per heavy atom. The zero-order valence-corrected chi connectivity index (χ0v) is 11.1. The van der Waals surface area contributed by atoms with Gasteiger partial charge in [-0.05, 0) is 50.1 Å². The molecule has 0 atom stereocenters. The van der Waals surface area contributed by atoms with Crippen molar-refractivity contribution in [1.29, 1.82) is 0 Å². The van der Waals surface area contributed by atoms with Gasteiger partial charge >= 0.3 is 0 Å². The molecule has 2 heteroatoms. The Morgan fingerprint density at radius 3 is 2.38 bits per heavy atom. The van der Waals surface area contributed by atoms with Crippen LogP contribution in [0, 0.1) is 11.3 Å². The van der Waals surface area contributed by atoms with Crippen LogP contribution in [0.2, 0.25) is 0 Å². The fraction of sp³-hybridized carbons (Fsp3) is 0.929. The van der Waals surface area contributed by atoms with Crippen molar-refractivity contribution < 1.29 is 4.79 Å². The van der Waals surface area contributed by atoms with Crippen LogP contribution < -0.4 is 5.32 Å². The quantitative estimate of drug-likeness (QED) is 0.778. The molecule has 0 radical (unpaired) electrons. The lowest BCUT2D eigenvalue weighted by Crippen LogP contribution is -2.28. The molecule has 0 unspecified atom stereocenters. The molecule has 1 aliphatic heterocycles. The summed E-state index contributed by atoms with van der Waals surface area (Å²) < 4.78 is 0. The maximum atomic E-state index is 11.7. The summed E-state index contributed by atoms with van der Waals surface area (Å²) in [6.45, 7) is 8.88. The highest BCUT2D eigenvalue weighted by atomic mass is 16.1. The predicted molar refractivity (Wildman–Crippen MR) is 68.5 cm³/mol. The third-order valence-corrected chi connectivity index (χ3v) is 3.44. The van der Waals surface area contributed by atoms with Gasteiger partial charge in [0.1, 0.15) is 5.78 Å². The molecule has 0 bridgehead atoms. The number of rotatable bonds is 5. The first kappa shape index (κ1) is 13.7. The van der Waals surface area contributed by atoms with Crippen molar-refractivity contribution in [3.8, 4) is 0 Å². The third kappa shape index (κ3) is 6.26. The minimum atomic E-state index is 0.296. The van der Waals surface area contributed by atoms with Gasteiger partial charge in [-0.15, -0.1) is 0 Å². The van der Waals surface area contributed by atoms with E-state index in [0.717, 1.165) is 44.7 Å². The zero-order chi connectivity index (χ0) is 12.0. The highest BCUT2D eigenvalue weighted by molar-refractivity contribution is 5.78. The van der Waals surface area contributed by atoms with E-state index in [1.807, 2.05) is 0 Å². The second-order valence-electron chi connectivity index (χ2n) is 6.33. The van der Waals surface area contributed by atoms with E-state index in [9.17, 15) is 4.79 Å². The van der Waals surface area contributed by atoms with Gasteiger partial charge in [-0.25, -0.2) is 0 Å². The number of Topliss-reactive ketones (excluding diaryl/α,β-unsaturated/α-hetero) is 1. The molecule has 1 saturated heterocycles. The summed E-state index contributed by atoms with van der Waals surface area (Å²) in [7, 11) is 0. The molecular formula is C14H27NO. The second-order valence-corrected chi connectivity index (χ2v) is 6.33. The Morgan fingerprint density at radius 1 is 1.19 bits per heavy atom. The van der Waals surface area contributed by atoms with Crippen LogP contribution in [0.3, 0.4) is 0 Å². The smallest absolute Gasteiger partial charge is 0.132 e. The van der Waals surface area contributed by atoms with Gasteiger partial charge in [-0.1, -0.05) is 20.8 Å². The highest BCUT2D eigenvalue weighted by Gasteiger charge is 2.16.